The topological polar surface area (TPSA) is 165 Å². The summed E-state index contributed by atoms with van der Waals surface area (Å²) in [5.41, 5.74) is -24.8. The lowest BCUT2D eigenvalue weighted by Gasteiger charge is -2.42. The van der Waals surface area contributed by atoms with Gasteiger partial charge in [-0.15, -0.1) is 0 Å². The van der Waals surface area contributed by atoms with Crippen LogP contribution < -0.4 is 0 Å². The van der Waals surface area contributed by atoms with E-state index in [2.05, 4.69) is 13.8 Å². The van der Waals surface area contributed by atoms with Crippen molar-refractivity contribution in [2.75, 3.05) is 52.4 Å². The van der Waals surface area contributed by atoms with Crippen LogP contribution >= 0.6 is 0 Å². The first-order valence-electron chi connectivity index (χ1n) is 14.6. The molecule has 0 bridgehead atoms. The van der Waals surface area contributed by atoms with E-state index < -0.39 is 62.1 Å². The lowest BCUT2D eigenvalue weighted by molar-refractivity contribution is -0.936. The van der Waals surface area contributed by atoms with Crippen LogP contribution in [-0.2, 0) is 40.1 Å². The van der Waals surface area contributed by atoms with E-state index in [1.54, 1.807) is 0 Å². The van der Waals surface area contributed by atoms with E-state index in [4.69, 9.17) is 0 Å². The van der Waals surface area contributed by atoms with Gasteiger partial charge in [-0.2, -0.15) is 52.7 Å². The smallest absolute Gasteiger partial charge is 0.421 e. The molecule has 0 atom stereocenters. The second-order valence-corrected chi connectivity index (χ2v) is 18.2. The van der Waals surface area contributed by atoms with Crippen molar-refractivity contribution in [3.05, 3.63) is 8.25 Å². The summed E-state index contributed by atoms with van der Waals surface area (Å²) in [7, 11) is -26.9. The fourth-order valence-electron chi connectivity index (χ4n) is 5.08. The summed E-state index contributed by atoms with van der Waals surface area (Å²) < 4.78 is 221. The van der Waals surface area contributed by atoms with E-state index in [-0.39, 0.29) is 0 Å². The van der Waals surface area contributed by atoms with E-state index in [0.717, 1.165) is 8.25 Å². The Balaban J connectivity index is 0.000000735. The van der Waals surface area contributed by atoms with Crippen molar-refractivity contribution in [3.8, 4) is 0 Å². The molecule has 12 nitrogen and oxygen atoms in total. The molecule has 0 radical (unpaired) electrons. The Morgan fingerprint density at radius 1 is 0.420 bits per heavy atom. The summed E-state index contributed by atoms with van der Waals surface area (Å²) in [5, 5.41) is 0. The molecular weight excluding hydrogens is 805 g/mol. The molecule has 2 saturated heterocycles. The molecule has 0 aromatic carbocycles. The van der Waals surface area contributed by atoms with E-state index in [1.807, 2.05) is 0 Å². The maximum absolute atomic E-state index is 11.4. The maximum Gasteiger partial charge on any atom is 0.480 e. The fourth-order valence-corrected chi connectivity index (χ4v) is 8.50. The summed E-state index contributed by atoms with van der Waals surface area (Å²) in [4.78, 5) is 0. The zero-order chi connectivity index (χ0) is 39.7. The number of hydrogen-bond acceptors (Lipinski definition) is 8. The zero-order valence-electron chi connectivity index (χ0n) is 26.5. The molecule has 2 fully saturated rings. The van der Waals surface area contributed by atoms with Crippen LogP contribution in [0.3, 0.4) is 0 Å². The molecule has 0 aromatic rings. The quantitative estimate of drug-likeness (QED) is 0.140. The third kappa shape index (κ3) is 14.7. The minimum absolute atomic E-state index is 0.778. The van der Waals surface area contributed by atoms with Gasteiger partial charge in [-0.1, -0.05) is 0 Å². The maximum atomic E-state index is 11.4. The Bertz CT molecular complexity index is 1300. The van der Waals surface area contributed by atoms with Gasteiger partial charge in [0.05, 0.1) is 52.4 Å². The molecule has 0 aliphatic carbocycles. The Hall–Kier alpha value is -1.20. The molecule has 2 aliphatic rings. The number of piperidine rings is 2. The lowest BCUT2D eigenvalue weighted by Crippen LogP contribution is -2.53. The number of nitrogens with zero attached hydrogens (tertiary/aromatic N) is 4. The van der Waals surface area contributed by atoms with Gasteiger partial charge in [0.2, 0.25) is 0 Å². The van der Waals surface area contributed by atoms with Crippen LogP contribution in [-0.4, -0.2) is 117 Å². The number of quaternary nitrogens is 2. The molecule has 50 heavy (non-hydrogen) atoms. The summed E-state index contributed by atoms with van der Waals surface area (Å²) in [6, 6.07) is 0. The van der Waals surface area contributed by atoms with Crippen molar-refractivity contribution in [3.63, 3.8) is 0 Å². The van der Waals surface area contributed by atoms with Gasteiger partial charge < -0.3 is 17.2 Å². The standard InChI is InChI=1S/C18H38N2.2C2F6NO4S2/c1-3-19(13-7-5-8-14-19)17-11-12-18-20(4-2)15-9-6-10-16-20;2*3-1(4,5)14(10,11)9-15(12,13)2(6,7)8/h3-18H2,1-2H3;;/q+2;2*-1. The normalized spacial score (nSPS) is 19.4. The van der Waals surface area contributed by atoms with Crippen LogP contribution in [0.1, 0.15) is 65.2 Å². The number of halogens is 12. The molecule has 2 rings (SSSR count). The third-order valence-corrected chi connectivity index (χ3v) is 13.4. The number of rotatable bonds is 11. The molecular formula is C22H38F12N4O8S4. The van der Waals surface area contributed by atoms with Gasteiger partial charge in [-0.05, 0) is 52.4 Å². The fraction of sp³-hybridized carbons (Fsp3) is 1.00. The molecule has 2 heterocycles. The van der Waals surface area contributed by atoms with Gasteiger partial charge in [0.25, 0.3) is 0 Å². The predicted octanol–water partition coefficient (Wildman–Crippen LogP) is 5.93. The van der Waals surface area contributed by atoms with Crippen LogP contribution in [0.15, 0.2) is 0 Å². The van der Waals surface area contributed by atoms with E-state index in [0.29, 0.717) is 0 Å². The van der Waals surface area contributed by atoms with Crippen LogP contribution in [0.25, 0.3) is 8.25 Å². The molecule has 0 aromatic heterocycles. The molecule has 28 heteroatoms. The minimum atomic E-state index is -6.72. The largest absolute Gasteiger partial charge is 0.480 e. The van der Waals surface area contributed by atoms with E-state index in [1.165, 1.54) is 113 Å². The van der Waals surface area contributed by atoms with Crippen molar-refractivity contribution in [1.29, 1.82) is 0 Å². The third-order valence-electron chi connectivity index (χ3n) is 7.95. The highest BCUT2D eigenvalue weighted by Gasteiger charge is 2.48. The summed E-state index contributed by atoms with van der Waals surface area (Å²) in [5.74, 6) is 0. The first-order valence-corrected chi connectivity index (χ1v) is 20.4. The molecule has 0 amide bonds. The Morgan fingerprint density at radius 2 is 0.620 bits per heavy atom. The van der Waals surface area contributed by atoms with Crippen molar-refractivity contribution >= 4 is 40.1 Å². The van der Waals surface area contributed by atoms with Crippen LogP contribution in [0.5, 0.6) is 0 Å². The Morgan fingerprint density at radius 3 is 0.780 bits per heavy atom. The highest BCUT2D eigenvalue weighted by atomic mass is 32.3. The lowest BCUT2D eigenvalue weighted by atomic mass is 10.0. The highest BCUT2D eigenvalue weighted by molar-refractivity contribution is 8.13. The van der Waals surface area contributed by atoms with Gasteiger partial charge >= 0.3 is 22.0 Å². The van der Waals surface area contributed by atoms with E-state index in [9.17, 15) is 86.4 Å². The molecule has 2 aliphatic heterocycles. The monoisotopic (exact) mass is 842 g/mol. The van der Waals surface area contributed by atoms with Crippen LogP contribution in [0, 0.1) is 0 Å². The molecule has 302 valence electrons. The van der Waals surface area contributed by atoms with E-state index >= 15 is 0 Å². The van der Waals surface area contributed by atoms with Gasteiger partial charge in [-0.3, -0.25) is 0 Å². The Labute approximate surface area is 282 Å². The molecule has 0 unspecified atom stereocenters. The van der Waals surface area contributed by atoms with Gasteiger partial charge in [0.15, 0.2) is 40.1 Å². The van der Waals surface area contributed by atoms with Gasteiger partial charge in [-0.25, -0.2) is 33.7 Å². The number of unbranched alkanes of at least 4 members (excludes halogenated alkanes) is 1. The van der Waals surface area contributed by atoms with Gasteiger partial charge in [0, 0.05) is 12.8 Å². The molecule has 0 N–H and O–H groups in total. The summed E-state index contributed by atoms with van der Waals surface area (Å²) in [6.07, 6.45) is 11.8. The van der Waals surface area contributed by atoms with Crippen molar-refractivity contribution in [2.45, 2.75) is 87.2 Å². The van der Waals surface area contributed by atoms with Crippen molar-refractivity contribution < 1.29 is 95.3 Å². The highest BCUT2D eigenvalue weighted by Crippen LogP contribution is 2.37. The first-order chi connectivity index (χ1) is 22.2. The number of sulfonamides is 4. The number of hydrogen-bond donors (Lipinski definition) is 0. The van der Waals surface area contributed by atoms with Crippen LogP contribution in [0.4, 0.5) is 52.7 Å². The average Bonchev–Trinajstić information content (AvgIpc) is 2.94. The Kier molecular flexibility index (Phi) is 17.3. The zero-order valence-corrected chi connectivity index (χ0v) is 29.8. The summed E-state index contributed by atoms with van der Waals surface area (Å²) >= 11 is 0. The SMILES string of the molecule is CC[N+]1(CCCC[N+]2(CC)CCCCC2)CCCCC1.O=S(=O)([N-]S(=O)(=O)C(F)(F)F)C(F)(F)F.O=S(=O)([N-]S(=O)(=O)C(F)(F)F)C(F)(F)F. The van der Waals surface area contributed by atoms with Crippen molar-refractivity contribution in [1.82, 2.24) is 0 Å². The summed E-state index contributed by atoms with van der Waals surface area (Å²) in [6.45, 7) is 16.3. The van der Waals surface area contributed by atoms with Crippen molar-refractivity contribution in [2.24, 2.45) is 0 Å². The number of alkyl halides is 12. The second kappa shape index (κ2) is 17.7. The minimum Gasteiger partial charge on any atom is -0.421 e. The van der Waals surface area contributed by atoms with Gasteiger partial charge in [0.1, 0.15) is 0 Å². The molecule has 0 spiro atoms. The molecule has 0 saturated carbocycles. The first kappa shape index (κ1) is 48.8. The average molecular weight is 843 g/mol. The second-order valence-electron chi connectivity index (χ2n) is 11.3. The van der Waals surface area contributed by atoms with Crippen LogP contribution in [0.2, 0.25) is 0 Å². The number of likely N-dealkylation sites (tertiary alicyclic amines) is 2. The predicted molar refractivity (Wildman–Crippen MR) is 154 cm³/mol.